The van der Waals surface area contributed by atoms with Crippen LogP contribution in [0, 0.1) is 0 Å². The summed E-state index contributed by atoms with van der Waals surface area (Å²) in [6, 6.07) is 14.6. The third-order valence-electron chi connectivity index (χ3n) is 3.67. The Morgan fingerprint density at radius 2 is 1.96 bits per heavy atom. The van der Waals surface area contributed by atoms with Gasteiger partial charge < -0.3 is 10.2 Å². The summed E-state index contributed by atoms with van der Waals surface area (Å²) < 4.78 is 0. The fraction of sp³-hybridized carbons (Fsp3) is 0.235. The first-order chi connectivity index (χ1) is 11.2. The van der Waals surface area contributed by atoms with Gasteiger partial charge in [-0.1, -0.05) is 36.4 Å². The normalized spacial score (nSPS) is 17.1. The zero-order valence-corrected chi connectivity index (χ0v) is 12.6. The smallest absolute Gasteiger partial charge is 0.320 e. The summed E-state index contributed by atoms with van der Waals surface area (Å²) in [6.45, 7) is 1.09. The van der Waals surface area contributed by atoms with Gasteiger partial charge in [0.15, 0.2) is 0 Å². The highest BCUT2D eigenvalue weighted by molar-refractivity contribution is 5.89. The molecule has 2 heterocycles. The fourth-order valence-electron chi connectivity index (χ4n) is 2.60. The molecule has 1 unspecified atom stereocenters. The maximum absolute atomic E-state index is 12.1. The van der Waals surface area contributed by atoms with Crippen LogP contribution in [0.5, 0.6) is 0 Å². The Morgan fingerprint density at radius 1 is 1.17 bits per heavy atom. The Labute approximate surface area is 134 Å². The molecular weight excluding hydrogens is 292 g/mol. The lowest BCUT2D eigenvalue weighted by atomic mass is 10.2. The minimum absolute atomic E-state index is 0.0528. The molecule has 1 aliphatic heterocycles. The maximum atomic E-state index is 12.1. The van der Waals surface area contributed by atoms with Gasteiger partial charge in [-0.15, -0.1) is 0 Å². The van der Waals surface area contributed by atoms with Crippen molar-refractivity contribution in [2.75, 3.05) is 11.9 Å². The summed E-state index contributed by atoms with van der Waals surface area (Å²) in [4.78, 5) is 29.8. The number of anilines is 1. The van der Waals surface area contributed by atoms with Crippen LogP contribution in [-0.2, 0) is 11.3 Å². The number of rotatable bonds is 4. The van der Waals surface area contributed by atoms with Crippen molar-refractivity contribution in [1.29, 1.82) is 0 Å². The number of amides is 3. The molecular formula is C17H18N4O2. The van der Waals surface area contributed by atoms with E-state index in [0.717, 1.165) is 5.56 Å². The SMILES string of the molecule is O=C(Nc1ccccn1)NC1CC(=O)N(Cc2ccccc2)C1. The number of pyridine rings is 1. The molecule has 3 rings (SSSR count). The molecule has 0 saturated carbocycles. The van der Waals surface area contributed by atoms with Crippen molar-refractivity contribution in [3.8, 4) is 0 Å². The monoisotopic (exact) mass is 310 g/mol. The fourth-order valence-corrected chi connectivity index (χ4v) is 2.60. The molecule has 1 aromatic carbocycles. The highest BCUT2D eigenvalue weighted by atomic mass is 16.2. The lowest BCUT2D eigenvalue weighted by molar-refractivity contribution is -0.128. The van der Waals surface area contributed by atoms with Gasteiger partial charge in [0.05, 0.1) is 6.04 Å². The predicted octanol–water partition coefficient (Wildman–Crippen LogP) is 2.00. The molecule has 23 heavy (non-hydrogen) atoms. The van der Waals surface area contributed by atoms with E-state index in [2.05, 4.69) is 15.6 Å². The second kappa shape index (κ2) is 6.91. The summed E-state index contributed by atoms with van der Waals surface area (Å²) in [5.74, 6) is 0.535. The minimum atomic E-state index is -0.344. The Kier molecular flexibility index (Phi) is 4.52. The van der Waals surface area contributed by atoms with Crippen LogP contribution in [-0.4, -0.2) is 34.4 Å². The van der Waals surface area contributed by atoms with Crippen LogP contribution >= 0.6 is 0 Å². The van der Waals surface area contributed by atoms with E-state index in [1.807, 2.05) is 30.3 Å². The van der Waals surface area contributed by atoms with Gasteiger partial charge in [0.2, 0.25) is 5.91 Å². The molecule has 1 aliphatic rings. The first-order valence-corrected chi connectivity index (χ1v) is 7.51. The second-order valence-electron chi connectivity index (χ2n) is 5.47. The first kappa shape index (κ1) is 15.0. The molecule has 2 N–H and O–H groups in total. The number of aromatic nitrogens is 1. The molecule has 1 aromatic heterocycles. The third kappa shape index (κ3) is 4.06. The zero-order chi connectivity index (χ0) is 16.1. The van der Waals surface area contributed by atoms with E-state index < -0.39 is 0 Å². The van der Waals surface area contributed by atoms with E-state index in [-0.39, 0.29) is 18.0 Å². The predicted molar refractivity (Wildman–Crippen MR) is 86.7 cm³/mol. The zero-order valence-electron chi connectivity index (χ0n) is 12.6. The van der Waals surface area contributed by atoms with E-state index in [4.69, 9.17) is 0 Å². The van der Waals surface area contributed by atoms with E-state index in [0.29, 0.717) is 25.3 Å². The van der Waals surface area contributed by atoms with Crippen LogP contribution in [0.3, 0.4) is 0 Å². The molecule has 118 valence electrons. The molecule has 3 amide bonds. The highest BCUT2D eigenvalue weighted by Crippen LogP contribution is 2.15. The number of benzene rings is 1. The van der Waals surface area contributed by atoms with Gasteiger partial charge in [0.25, 0.3) is 0 Å². The van der Waals surface area contributed by atoms with Gasteiger partial charge in [-0.3, -0.25) is 10.1 Å². The number of carbonyl (C=O) groups is 2. The summed E-state index contributed by atoms with van der Waals surface area (Å²) in [5, 5.41) is 5.48. The number of nitrogens with one attached hydrogen (secondary N) is 2. The number of hydrogen-bond acceptors (Lipinski definition) is 3. The summed E-state index contributed by atoms with van der Waals surface area (Å²) in [7, 11) is 0. The Balaban J connectivity index is 1.52. The van der Waals surface area contributed by atoms with Crippen molar-refractivity contribution in [3.63, 3.8) is 0 Å². The molecule has 0 spiro atoms. The van der Waals surface area contributed by atoms with E-state index in [1.165, 1.54) is 0 Å². The van der Waals surface area contributed by atoms with Gasteiger partial charge >= 0.3 is 6.03 Å². The van der Waals surface area contributed by atoms with Crippen LogP contribution < -0.4 is 10.6 Å². The summed E-state index contributed by atoms with van der Waals surface area (Å²) >= 11 is 0. The molecule has 6 heteroatoms. The number of likely N-dealkylation sites (tertiary alicyclic amines) is 1. The summed E-state index contributed by atoms with van der Waals surface area (Å²) in [6.07, 6.45) is 1.93. The van der Waals surface area contributed by atoms with Crippen LogP contribution in [0.1, 0.15) is 12.0 Å². The number of urea groups is 1. The lowest BCUT2D eigenvalue weighted by Crippen LogP contribution is -2.39. The van der Waals surface area contributed by atoms with Gasteiger partial charge in [-0.25, -0.2) is 9.78 Å². The average molecular weight is 310 g/mol. The van der Waals surface area contributed by atoms with Gasteiger partial charge in [0.1, 0.15) is 5.82 Å². The van der Waals surface area contributed by atoms with Crippen molar-refractivity contribution in [2.24, 2.45) is 0 Å². The van der Waals surface area contributed by atoms with Crippen molar-refractivity contribution < 1.29 is 9.59 Å². The van der Waals surface area contributed by atoms with E-state index >= 15 is 0 Å². The molecule has 0 aliphatic carbocycles. The van der Waals surface area contributed by atoms with Crippen molar-refractivity contribution in [1.82, 2.24) is 15.2 Å². The quantitative estimate of drug-likeness (QED) is 0.907. The molecule has 6 nitrogen and oxygen atoms in total. The topological polar surface area (TPSA) is 74.3 Å². The summed E-state index contributed by atoms with van der Waals surface area (Å²) in [5.41, 5.74) is 1.08. The van der Waals surface area contributed by atoms with Gasteiger partial charge in [-0.2, -0.15) is 0 Å². The van der Waals surface area contributed by atoms with Crippen LogP contribution in [0.4, 0.5) is 10.6 Å². The molecule has 0 radical (unpaired) electrons. The average Bonchev–Trinajstić information content (AvgIpc) is 2.88. The Hall–Kier alpha value is -2.89. The molecule has 0 bridgehead atoms. The van der Waals surface area contributed by atoms with E-state index in [1.54, 1.807) is 29.3 Å². The van der Waals surface area contributed by atoms with Gasteiger partial charge in [0, 0.05) is 25.7 Å². The Morgan fingerprint density at radius 3 is 2.70 bits per heavy atom. The second-order valence-corrected chi connectivity index (χ2v) is 5.47. The van der Waals surface area contributed by atoms with Gasteiger partial charge in [-0.05, 0) is 17.7 Å². The lowest BCUT2D eigenvalue weighted by Gasteiger charge is -2.17. The first-order valence-electron chi connectivity index (χ1n) is 7.51. The van der Waals surface area contributed by atoms with Crippen LogP contribution in [0.15, 0.2) is 54.7 Å². The van der Waals surface area contributed by atoms with Crippen LogP contribution in [0.2, 0.25) is 0 Å². The standard InChI is InChI=1S/C17H18N4O2/c22-16-10-14(12-21(16)11-13-6-2-1-3-7-13)19-17(23)20-15-8-4-5-9-18-15/h1-9,14H,10-12H2,(H2,18,19,20,23). The van der Waals surface area contributed by atoms with Crippen molar-refractivity contribution in [3.05, 3.63) is 60.3 Å². The number of nitrogens with zero attached hydrogens (tertiary/aromatic N) is 2. The molecule has 1 saturated heterocycles. The number of carbonyl (C=O) groups excluding carboxylic acids is 2. The highest BCUT2D eigenvalue weighted by Gasteiger charge is 2.30. The molecule has 1 atom stereocenters. The third-order valence-corrected chi connectivity index (χ3v) is 3.67. The number of hydrogen-bond donors (Lipinski definition) is 2. The maximum Gasteiger partial charge on any atom is 0.320 e. The Bertz CT molecular complexity index is 676. The van der Waals surface area contributed by atoms with E-state index in [9.17, 15) is 9.59 Å². The molecule has 1 fully saturated rings. The molecule has 2 aromatic rings. The minimum Gasteiger partial charge on any atom is -0.336 e. The largest absolute Gasteiger partial charge is 0.336 e. The van der Waals surface area contributed by atoms with Crippen molar-refractivity contribution >= 4 is 17.8 Å². The van der Waals surface area contributed by atoms with Crippen LogP contribution in [0.25, 0.3) is 0 Å². The van der Waals surface area contributed by atoms with Crippen molar-refractivity contribution in [2.45, 2.75) is 19.0 Å².